The number of ether oxygens (including phenoxy) is 1. The van der Waals surface area contributed by atoms with Crippen LogP contribution >= 0.6 is 39.1 Å². The van der Waals surface area contributed by atoms with Gasteiger partial charge in [0, 0.05) is 22.1 Å². The second kappa shape index (κ2) is 11.6. The molecular weight excluding hydrogens is 491 g/mol. The minimum Gasteiger partial charge on any atom is -0.482 e. The third-order valence-corrected chi connectivity index (χ3v) is 5.68. The van der Waals surface area contributed by atoms with Crippen LogP contribution in [0.5, 0.6) is 5.75 Å². The maximum atomic E-state index is 13.0. The molecule has 2 aromatic carbocycles. The summed E-state index contributed by atoms with van der Waals surface area (Å²) in [5, 5.41) is 3.73. The SMILES string of the molecule is CC[C@H](C)NC(=O)[C@H](C)N(Cc1cccc(Br)c1)C(=O)COc1ccc(Cl)cc1Cl. The highest BCUT2D eigenvalue weighted by Gasteiger charge is 2.27. The second-order valence-electron chi connectivity index (χ2n) is 7.01. The lowest BCUT2D eigenvalue weighted by Gasteiger charge is -2.29. The number of carbonyl (C=O) groups is 2. The van der Waals surface area contributed by atoms with E-state index in [9.17, 15) is 9.59 Å². The van der Waals surface area contributed by atoms with Crippen LogP contribution in [0.4, 0.5) is 0 Å². The predicted molar refractivity (Wildman–Crippen MR) is 124 cm³/mol. The number of carbonyl (C=O) groups excluding carboxylic acids is 2. The Morgan fingerprint density at radius 2 is 1.90 bits per heavy atom. The smallest absolute Gasteiger partial charge is 0.261 e. The van der Waals surface area contributed by atoms with Gasteiger partial charge in [0.2, 0.25) is 5.91 Å². The lowest BCUT2D eigenvalue weighted by Crippen LogP contribution is -2.50. The van der Waals surface area contributed by atoms with E-state index in [1.807, 2.05) is 38.1 Å². The number of rotatable bonds is 9. The lowest BCUT2D eigenvalue weighted by atomic mass is 10.1. The molecule has 0 aliphatic heterocycles. The van der Waals surface area contributed by atoms with E-state index in [0.717, 1.165) is 16.5 Å². The average Bonchev–Trinajstić information content (AvgIpc) is 2.70. The Hall–Kier alpha value is -1.76. The molecule has 0 saturated heterocycles. The van der Waals surface area contributed by atoms with Crippen LogP contribution in [0.1, 0.15) is 32.8 Å². The number of hydrogen-bond acceptors (Lipinski definition) is 3. The Balaban J connectivity index is 2.18. The van der Waals surface area contributed by atoms with Gasteiger partial charge < -0.3 is 15.0 Å². The van der Waals surface area contributed by atoms with Crippen molar-refractivity contribution in [1.29, 1.82) is 0 Å². The van der Waals surface area contributed by atoms with Crippen molar-refractivity contribution in [3.05, 3.63) is 62.5 Å². The molecule has 30 heavy (non-hydrogen) atoms. The van der Waals surface area contributed by atoms with E-state index < -0.39 is 6.04 Å². The topological polar surface area (TPSA) is 58.6 Å². The number of benzene rings is 2. The van der Waals surface area contributed by atoms with Crippen molar-refractivity contribution in [1.82, 2.24) is 10.2 Å². The molecule has 0 radical (unpaired) electrons. The Kier molecular flexibility index (Phi) is 9.46. The van der Waals surface area contributed by atoms with Crippen LogP contribution in [-0.4, -0.2) is 35.4 Å². The fourth-order valence-corrected chi connectivity index (χ4v) is 3.60. The zero-order valence-corrected chi connectivity index (χ0v) is 20.2. The molecule has 0 heterocycles. The average molecular weight is 516 g/mol. The molecule has 2 amide bonds. The number of amides is 2. The van der Waals surface area contributed by atoms with Crippen LogP contribution in [-0.2, 0) is 16.1 Å². The van der Waals surface area contributed by atoms with Gasteiger partial charge in [0.1, 0.15) is 11.8 Å². The van der Waals surface area contributed by atoms with Gasteiger partial charge in [-0.1, -0.05) is 58.2 Å². The van der Waals surface area contributed by atoms with Gasteiger partial charge in [-0.3, -0.25) is 9.59 Å². The van der Waals surface area contributed by atoms with Crippen molar-refractivity contribution in [2.75, 3.05) is 6.61 Å². The molecule has 5 nitrogen and oxygen atoms in total. The quantitative estimate of drug-likeness (QED) is 0.482. The Bertz CT molecular complexity index is 894. The molecule has 0 saturated carbocycles. The predicted octanol–water partition coefficient (Wildman–Crippen LogP) is 5.47. The molecule has 1 N–H and O–H groups in total. The summed E-state index contributed by atoms with van der Waals surface area (Å²) in [6.07, 6.45) is 0.802. The first-order valence-corrected chi connectivity index (χ1v) is 11.2. The highest BCUT2D eigenvalue weighted by molar-refractivity contribution is 9.10. The molecule has 2 atom stereocenters. The van der Waals surface area contributed by atoms with E-state index >= 15 is 0 Å². The van der Waals surface area contributed by atoms with Crippen LogP contribution in [0.2, 0.25) is 10.0 Å². The van der Waals surface area contributed by atoms with Crippen molar-refractivity contribution in [3.63, 3.8) is 0 Å². The first-order valence-electron chi connectivity index (χ1n) is 9.63. The molecule has 0 aliphatic carbocycles. The summed E-state index contributed by atoms with van der Waals surface area (Å²) < 4.78 is 6.50. The summed E-state index contributed by atoms with van der Waals surface area (Å²) in [6, 6.07) is 11.7. The van der Waals surface area contributed by atoms with E-state index in [1.165, 1.54) is 4.90 Å². The van der Waals surface area contributed by atoms with Crippen molar-refractivity contribution in [2.24, 2.45) is 0 Å². The largest absolute Gasteiger partial charge is 0.482 e. The summed E-state index contributed by atoms with van der Waals surface area (Å²) in [5.41, 5.74) is 0.894. The molecule has 0 unspecified atom stereocenters. The van der Waals surface area contributed by atoms with Crippen molar-refractivity contribution >= 4 is 50.9 Å². The number of nitrogens with zero attached hydrogens (tertiary/aromatic N) is 1. The molecule has 0 spiro atoms. The number of nitrogens with one attached hydrogen (secondary N) is 1. The molecule has 2 aromatic rings. The van der Waals surface area contributed by atoms with Gasteiger partial charge in [-0.2, -0.15) is 0 Å². The summed E-state index contributed by atoms with van der Waals surface area (Å²) in [7, 11) is 0. The molecule has 162 valence electrons. The number of hydrogen-bond donors (Lipinski definition) is 1. The van der Waals surface area contributed by atoms with Crippen molar-refractivity contribution < 1.29 is 14.3 Å². The van der Waals surface area contributed by atoms with E-state index in [1.54, 1.807) is 25.1 Å². The first kappa shape index (κ1) is 24.5. The van der Waals surface area contributed by atoms with Gasteiger partial charge >= 0.3 is 0 Å². The van der Waals surface area contributed by atoms with E-state index in [4.69, 9.17) is 27.9 Å². The monoisotopic (exact) mass is 514 g/mol. The molecule has 0 aliphatic rings. The van der Waals surface area contributed by atoms with Gasteiger partial charge in [0.05, 0.1) is 5.02 Å². The summed E-state index contributed by atoms with van der Waals surface area (Å²) in [6.45, 7) is 5.64. The normalized spacial score (nSPS) is 12.7. The summed E-state index contributed by atoms with van der Waals surface area (Å²) in [4.78, 5) is 27.2. The first-order chi connectivity index (χ1) is 14.2. The van der Waals surface area contributed by atoms with Crippen LogP contribution < -0.4 is 10.1 Å². The van der Waals surface area contributed by atoms with Gasteiger partial charge in [0.15, 0.2) is 6.61 Å². The molecule has 2 rings (SSSR count). The maximum Gasteiger partial charge on any atom is 0.261 e. The summed E-state index contributed by atoms with van der Waals surface area (Å²) in [5.74, 6) is -0.182. The molecule has 8 heteroatoms. The van der Waals surface area contributed by atoms with Crippen LogP contribution in [0.25, 0.3) is 0 Å². The maximum absolute atomic E-state index is 13.0. The highest BCUT2D eigenvalue weighted by atomic mass is 79.9. The van der Waals surface area contributed by atoms with Crippen LogP contribution in [0.3, 0.4) is 0 Å². The zero-order valence-electron chi connectivity index (χ0n) is 17.1. The van der Waals surface area contributed by atoms with Gasteiger partial charge in [-0.05, 0) is 56.2 Å². The zero-order chi connectivity index (χ0) is 22.3. The molecule has 0 bridgehead atoms. The van der Waals surface area contributed by atoms with Gasteiger partial charge in [-0.25, -0.2) is 0 Å². The molecule has 0 fully saturated rings. The standard InChI is InChI=1S/C22H25BrCl2N2O3/c1-4-14(2)26-22(29)15(3)27(12-16-6-5-7-17(23)10-16)21(28)13-30-20-9-8-18(24)11-19(20)25/h5-11,14-15H,4,12-13H2,1-3H3,(H,26,29)/t14-,15-/m0/s1. The minimum atomic E-state index is -0.672. The summed E-state index contributed by atoms with van der Waals surface area (Å²) >= 11 is 15.5. The van der Waals surface area contributed by atoms with E-state index in [2.05, 4.69) is 21.2 Å². The van der Waals surface area contributed by atoms with E-state index in [-0.39, 0.29) is 31.0 Å². The fourth-order valence-electron chi connectivity index (χ4n) is 2.69. The molecule has 0 aromatic heterocycles. The van der Waals surface area contributed by atoms with Crippen molar-refractivity contribution in [3.8, 4) is 5.75 Å². The fraction of sp³-hybridized carbons (Fsp3) is 0.364. The van der Waals surface area contributed by atoms with Crippen molar-refractivity contribution in [2.45, 2.75) is 45.8 Å². The Morgan fingerprint density at radius 3 is 2.53 bits per heavy atom. The van der Waals surface area contributed by atoms with Gasteiger partial charge in [-0.15, -0.1) is 0 Å². The van der Waals surface area contributed by atoms with Gasteiger partial charge in [0.25, 0.3) is 5.91 Å². The Morgan fingerprint density at radius 1 is 1.17 bits per heavy atom. The number of halogens is 3. The minimum absolute atomic E-state index is 0.0203. The third-order valence-electron chi connectivity index (χ3n) is 4.66. The third kappa shape index (κ3) is 7.18. The second-order valence-corrected chi connectivity index (χ2v) is 8.77. The van der Waals surface area contributed by atoms with E-state index in [0.29, 0.717) is 15.8 Å². The Labute approximate surface area is 195 Å². The van der Waals surface area contributed by atoms with Crippen LogP contribution in [0.15, 0.2) is 46.9 Å². The van der Waals surface area contributed by atoms with Crippen LogP contribution in [0, 0.1) is 0 Å². The molecular formula is C22H25BrCl2N2O3. The lowest BCUT2D eigenvalue weighted by molar-refractivity contribution is -0.142. The highest BCUT2D eigenvalue weighted by Crippen LogP contribution is 2.27.